The molecule has 3 heterocycles. The number of nitrogens with one attached hydrogen (secondary N) is 2. The molecule has 44 heavy (non-hydrogen) atoms. The van der Waals surface area contributed by atoms with Gasteiger partial charge >= 0.3 is 6.09 Å². The number of fused-ring (bicyclic) bond motifs is 1. The quantitative estimate of drug-likeness (QED) is 0.204. The Morgan fingerprint density at radius 3 is 2.52 bits per heavy atom. The number of rotatable bonds is 9. The van der Waals surface area contributed by atoms with E-state index in [9.17, 15) is 14.0 Å². The first-order valence-electron chi connectivity index (χ1n) is 13.6. The molecule has 0 atom stereocenters. The summed E-state index contributed by atoms with van der Waals surface area (Å²) in [6.07, 6.45) is 0.768. The van der Waals surface area contributed by atoms with E-state index in [1.165, 1.54) is 16.6 Å². The number of aromatic nitrogens is 4. The average molecular weight is 603 g/mol. The zero-order valence-electron chi connectivity index (χ0n) is 24.5. The van der Waals surface area contributed by atoms with Crippen LogP contribution in [0.1, 0.15) is 31.1 Å². The van der Waals surface area contributed by atoms with Gasteiger partial charge in [0.2, 0.25) is 11.8 Å². The first-order chi connectivity index (χ1) is 20.9. The fraction of sp³-hybridized carbons (Fsp3) is 0.233. The van der Waals surface area contributed by atoms with Crippen molar-refractivity contribution in [2.75, 3.05) is 41.5 Å². The molecule has 0 saturated carbocycles. The van der Waals surface area contributed by atoms with Crippen LogP contribution in [0.5, 0.6) is 5.75 Å². The molecule has 0 fully saturated rings. The molecule has 0 saturated heterocycles. The third kappa shape index (κ3) is 7.21. The van der Waals surface area contributed by atoms with E-state index < -0.39 is 23.4 Å². The molecule has 0 aliphatic heterocycles. The fourth-order valence-electron chi connectivity index (χ4n) is 4.06. The predicted octanol–water partition coefficient (Wildman–Crippen LogP) is 5.22. The molecule has 0 spiro atoms. The smallest absolute Gasteiger partial charge is 0.412 e. The van der Waals surface area contributed by atoms with Crippen LogP contribution in [0.15, 0.2) is 71.3 Å². The van der Waals surface area contributed by atoms with Crippen LogP contribution in [0.4, 0.5) is 32.3 Å². The first-order valence-corrected chi connectivity index (χ1v) is 13.6. The Bertz CT molecular complexity index is 1780. The Balaban J connectivity index is 1.17. The van der Waals surface area contributed by atoms with E-state index in [2.05, 4.69) is 25.7 Å². The second-order valence-corrected chi connectivity index (χ2v) is 10.7. The van der Waals surface area contributed by atoms with Gasteiger partial charge in [0, 0.05) is 18.7 Å². The number of ether oxygens (including phenoxy) is 2. The number of carbonyl (C=O) groups excluding carboxylic acids is 2. The molecule has 14 heteroatoms. The second kappa shape index (κ2) is 12.3. The Morgan fingerprint density at radius 1 is 1.05 bits per heavy atom. The van der Waals surface area contributed by atoms with Crippen LogP contribution in [-0.2, 0) is 4.74 Å². The van der Waals surface area contributed by atoms with Gasteiger partial charge in [0.15, 0.2) is 11.4 Å². The van der Waals surface area contributed by atoms with Crippen molar-refractivity contribution in [2.24, 2.45) is 0 Å². The molecule has 2 amide bonds. The number of nitrogens with two attached hydrogens (primary N) is 1. The molecule has 0 aliphatic carbocycles. The molecule has 5 rings (SSSR count). The third-order valence-corrected chi connectivity index (χ3v) is 6.15. The van der Waals surface area contributed by atoms with Crippen molar-refractivity contribution in [1.82, 2.24) is 19.6 Å². The van der Waals surface area contributed by atoms with E-state index in [-0.39, 0.29) is 17.3 Å². The predicted molar refractivity (Wildman–Crippen MR) is 162 cm³/mol. The molecule has 2 aromatic carbocycles. The maximum absolute atomic E-state index is 13.9. The molecular weight excluding hydrogens is 571 g/mol. The topological polar surface area (TPSA) is 162 Å². The monoisotopic (exact) mass is 602 g/mol. The number of carbonyl (C=O) groups is 2. The number of anilines is 4. The van der Waals surface area contributed by atoms with Crippen molar-refractivity contribution in [3.05, 3.63) is 78.3 Å². The van der Waals surface area contributed by atoms with Gasteiger partial charge in [-0.05, 0) is 75.4 Å². The highest BCUT2D eigenvalue weighted by atomic mass is 19.1. The third-order valence-electron chi connectivity index (χ3n) is 6.15. The lowest BCUT2D eigenvalue weighted by Crippen LogP contribution is -2.27. The first kappa shape index (κ1) is 29.8. The Morgan fingerprint density at radius 2 is 1.82 bits per heavy atom. The van der Waals surface area contributed by atoms with Gasteiger partial charge in [0.25, 0.3) is 5.91 Å². The van der Waals surface area contributed by atoms with Crippen molar-refractivity contribution in [1.29, 1.82) is 0 Å². The minimum Gasteiger partial charge on any atom is -0.492 e. The number of amides is 2. The molecule has 5 aromatic rings. The molecule has 228 valence electrons. The maximum atomic E-state index is 13.9. The lowest BCUT2D eigenvalue weighted by molar-refractivity contribution is 0.0635. The summed E-state index contributed by atoms with van der Waals surface area (Å²) in [7, 11) is 1.85. The van der Waals surface area contributed by atoms with Crippen LogP contribution in [0.25, 0.3) is 17.2 Å². The van der Waals surface area contributed by atoms with Gasteiger partial charge in [-0.2, -0.15) is 9.50 Å². The van der Waals surface area contributed by atoms with Crippen molar-refractivity contribution in [2.45, 2.75) is 26.4 Å². The highest BCUT2D eigenvalue weighted by Crippen LogP contribution is 2.25. The van der Waals surface area contributed by atoms with E-state index in [1.807, 2.05) is 11.9 Å². The minimum absolute atomic E-state index is 0.0639. The van der Waals surface area contributed by atoms with E-state index >= 15 is 0 Å². The largest absolute Gasteiger partial charge is 0.492 e. The second-order valence-electron chi connectivity index (χ2n) is 10.7. The van der Waals surface area contributed by atoms with Crippen LogP contribution in [0.2, 0.25) is 0 Å². The van der Waals surface area contributed by atoms with E-state index in [4.69, 9.17) is 19.6 Å². The summed E-state index contributed by atoms with van der Waals surface area (Å²) in [5.41, 5.74) is 6.49. The van der Waals surface area contributed by atoms with Crippen molar-refractivity contribution in [3.63, 3.8) is 0 Å². The summed E-state index contributed by atoms with van der Waals surface area (Å²) in [5.74, 6) is 1.20. The van der Waals surface area contributed by atoms with Crippen molar-refractivity contribution >= 4 is 40.8 Å². The Labute approximate surface area is 251 Å². The lowest BCUT2D eigenvalue weighted by atomic mass is 10.2. The highest BCUT2D eigenvalue weighted by Gasteiger charge is 2.19. The summed E-state index contributed by atoms with van der Waals surface area (Å²) in [6, 6.07) is 15.4. The zero-order valence-corrected chi connectivity index (χ0v) is 24.5. The summed E-state index contributed by atoms with van der Waals surface area (Å²) < 4.78 is 31.8. The van der Waals surface area contributed by atoms with Crippen LogP contribution in [0.3, 0.4) is 0 Å². The summed E-state index contributed by atoms with van der Waals surface area (Å²) in [6.45, 7) is 5.91. The van der Waals surface area contributed by atoms with E-state index in [0.29, 0.717) is 47.5 Å². The number of nitrogens with zero attached hydrogens (tertiary/aromatic N) is 5. The number of hydrogen-bond acceptors (Lipinski definition) is 10. The minimum atomic E-state index is -0.775. The normalized spacial score (nSPS) is 11.3. The Kier molecular flexibility index (Phi) is 8.33. The molecule has 0 bridgehead atoms. The van der Waals surface area contributed by atoms with Gasteiger partial charge in [0.05, 0.1) is 24.2 Å². The van der Waals surface area contributed by atoms with Gasteiger partial charge < -0.3 is 29.8 Å². The van der Waals surface area contributed by atoms with Gasteiger partial charge in [0.1, 0.15) is 29.6 Å². The number of nitrogen functional groups attached to an aromatic ring is 1. The molecule has 4 N–H and O–H groups in total. The van der Waals surface area contributed by atoms with Gasteiger partial charge in [-0.25, -0.2) is 14.2 Å². The lowest BCUT2D eigenvalue weighted by Gasteiger charge is -2.20. The molecular formula is C30H31FN8O5. The molecule has 0 radical (unpaired) electrons. The summed E-state index contributed by atoms with van der Waals surface area (Å²) >= 11 is 0. The van der Waals surface area contributed by atoms with Crippen LogP contribution in [0, 0.1) is 5.82 Å². The zero-order chi connectivity index (χ0) is 31.4. The highest BCUT2D eigenvalue weighted by molar-refractivity contribution is 6.07. The molecule has 0 unspecified atom stereocenters. The number of benzene rings is 2. The number of likely N-dealkylation sites (N-methyl/N-ethyl adjacent to an activating group) is 1. The summed E-state index contributed by atoms with van der Waals surface area (Å²) in [5, 5.41) is 9.51. The van der Waals surface area contributed by atoms with Gasteiger partial charge in [-0.15, -0.1) is 5.10 Å². The van der Waals surface area contributed by atoms with Crippen molar-refractivity contribution in [3.8, 4) is 17.3 Å². The SMILES string of the molecule is CN(CCOc1ccc(C(=O)Nc2ccc(F)cc2NC(=O)OC(C)(C)C)cc1)c1cc2nc(-c3ccco3)nn2c(N)n1. The Hall–Kier alpha value is -5.66. The van der Waals surface area contributed by atoms with Crippen LogP contribution < -0.4 is 26.0 Å². The van der Waals surface area contributed by atoms with E-state index in [0.717, 1.165) is 6.07 Å². The summed E-state index contributed by atoms with van der Waals surface area (Å²) in [4.78, 5) is 35.8. The van der Waals surface area contributed by atoms with Crippen LogP contribution in [-0.4, -0.2) is 57.4 Å². The van der Waals surface area contributed by atoms with Crippen molar-refractivity contribution < 1.29 is 27.9 Å². The van der Waals surface area contributed by atoms with Gasteiger partial charge in [-0.1, -0.05) is 0 Å². The van der Waals surface area contributed by atoms with Gasteiger partial charge in [-0.3, -0.25) is 10.1 Å². The molecule has 3 aromatic heterocycles. The average Bonchev–Trinajstić information content (AvgIpc) is 3.64. The maximum Gasteiger partial charge on any atom is 0.412 e. The van der Waals surface area contributed by atoms with Crippen LogP contribution >= 0.6 is 0 Å². The standard InChI is InChI=1S/C30H31FN8O5/c1-30(2,3)44-29(41)34-22-16-19(31)9-12-21(22)33-27(40)18-7-10-20(11-8-18)42-15-13-38(4)24-17-25-35-26(23-6-5-14-43-23)37-39(25)28(32)36-24/h5-12,14,16-17H,13,15H2,1-4H3,(H2,32,36)(H,33,40)(H,34,41). The van der Waals surface area contributed by atoms with E-state index in [1.54, 1.807) is 69.5 Å². The molecule has 13 nitrogen and oxygen atoms in total. The number of halogens is 1. The number of hydrogen-bond donors (Lipinski definition) is 3. The fourth-order valence-corrected chi connectivity index (χ4v) is 4.06. The molecule has 0 aliphatic rings. The number of furan rings is 1.